The molecule has 2 N–H and O–H groups in total. The van der Waals surface area contributed by atoms with Crippen LogP contribution in [0.2, 0.25) is 0 Å². The number of amides is 2. The molecule has 0 spiro atoms. The number of carbonyl (C=O) groups is 1. The minimum atomic E-state index is -0.213. The molecule has 174 valence electrons. The Hall–Kier alpha value is -3.32. The van der Waals surface area contributed by atoms with Gasteiger partial charge in [0.15, 0.2) is 0 Å². The fraction of sp³-hybridized carbons (Fsp3) is 0.385. The number of ether oxygens (including phenoxy) is 1. The van der Waals surface area contributed by atoms with Crippen LogP contribution < -0.4 is 10.1 Å². The number of urea groups is 1. The van der Waals surface area contributed by atoms with Crippen LogP contribution >= 0.6 is 0 Å². The number of likely N-dealkylation sites (tertiary alicyclic amines) is 1. The predicted molar refractivity (Wildman–Crippen MR) is 129 cm³/mol. The average Bonchev–Trinajstić information content (AvgIpc) is 3.14. The summed E-state index contributed by atoms with van der Waals surface area (Å²) < 4.78 is 7.69. The van der Waals surface area contributed by atoms with Crippen LogP contribution in [0.4, 0.5) is 10.5 Å². The summed E-state index contributed by atoms with van der Waals surface area (Å²) in [5, 5.41) is 17.8. The van der Waals surface area contributed by atoms with E-state index in [1.165, 1.54) is 0 Å². The van der Waals surface area contributed by atoms with E-state index < -0.39 is 0 Å². The highest BCUT2D eigenvalue weighted by Gasteiger charge is 2.35. The predicted octanol–water partition coefficient (Wildman–Crippen LogP) is 4.56. The molecule has 7 nitrogen and oxygen atoms in total. The summed E-state index contributed by atoms with van der Waals surface area (Å²) in [6, 6.07) is 19.5. The van der Waals surface area contributed by atoms with Gasteiger partial charge in [0.25, 0.3) is 0 Å². The van der Waals surface area contributed by atoms with Crippen molar-refractivity contribution in [3.8, 4) is 11.4 Å². The van der Waals surface area contributed by atoms with E-state index in [0.29, 0.717) is 19.7 Å². The first-order chi connectivity index (χ1) is 16.0. The Labute approximate surface area is 195 Å². The minimum Gasteiger partial charge on any atom is -0.494 e. The van der Waals surface area contributed by atoms with Gasteiger partial charge in [-0.25, -0.2) is 9.48 Å². The van der Waals surface area contributed by atoms with Crippen LogP contribution in [0.5, 0.6) is 5.75 Å². The van der Waals surface area contributed by atoms with Crippen LogP contribution in [0.1, 0.15) is 30.7 Å². The standard InChI is InChI=1S/C26H32N4O3/c1-20-24(21(2)30(28-20)22-9-5-3-6-10-22)27-25(32)29-16-13-26(19-31,14-17-29)15-18-33-23-11-7-4-8-12-23/h3-12,31H,13-19H2,1-2H3,(H,27,32). The summed E-state index contributed by atoms with van der Waals surface area (Å²) in [5.41, 5.74) is 3.17. The SMILES string of the molecule is Cc1nn(-c2ccccc2)c(C)c1NC(=O)N1CCC(CO)(CCOc2ccccc2)CC1. The van der Waals surface area contributed by atoms with Gasteiger partial charge in [-0.05, 0) is 57.4 Å². The molecule has 0 bridgehead atoms. The van der Waals surface area contributed by atoms with E-state index >= 15 is 0 Å². The zero-order valence-electron chi connectivity index (χ0n) is 19.3. The third-order valence-electron chi connectivity index (χ3n) is 6.62. The molecule has 7 heteroatoms. The maximum absolute atomic E-state index is 13.0. The van der Waals surface area contributed by atoms with Crippen molar-refractivity contribution < 1.29 is 14.6 Å². The zero-order valence-corrected chi connectivity index (χ0v) is 19.3. The molecule has 0 saturated carbocycles. The molecule has 2 aromatic carbocycles. The topological polar surface area (TPSA) is 79.6 Å². The molecule has 0 atom stereocenters. The lowest BCUT2D eigenvalue weighted by molar-refractivity contribution is 0.0385. The van der Waals surface area contributed by atoms with Gasteiger partial charge in [-0.1, -0.05) is 36.4 Å². The molecule has 0 unspecified atom stereocenters. The Morgan fingerprint density at radius 1 is 1.06 bits per heavy atom. The number of aryl methyl sites for hydroxylation is 1. The van der Waals surface area contributed by atoms with E-state index in [-0.39, 0.29) is 18.1 Å². The molecule has 3 aromatic rings. The highest BCUT2D eigenvalue weighted by Crippen LogP contribution is 2.35. The van der Waals surface area contributed by atoms with Gasteiger partial charge in [0.2, 0.25) is 0 Å². The second-order valence-electron chi connectivity index (χ2n) is 8.78. The molecule has 1 aromatic heterocycles. The van der Waals surface area contributed by atoms with Gasteiger partial charge < -0.3 is 20.1 Å². The normalized spacial score (nSPS) is 15.3. The van der Waals surface area contributed by atoms with Crippen molar-refractivity contribution in [2.24, 2.45) is 5.41 Å². The number of hydrogen-bond donors (Lipinski definition) is 2. The number of aliphatic hydroxyl groups is 1. The maximum Gasteiger partial charge on any atom is 0.321 e. The van der Waals surface area contributed by atoms with E-state index in [0.717, 1.165) is 47.8 Å². The second-order valence-corrected chi connectivity index (χ2v) is 8.78. The van der Waals surface area contributed by atoms with Crippen molar-refractivity contribution in [1.29, 1.82) is 0 Å². The lowest BCUT2D eigenvalue weighted by Gasteiger charge is -2.40. The fourth-order valence-electron chi connectivity index (χ4n) is 4.40. The maximum atomic E-state index is 13.0. The smallest absolute Gasteiger partial charge is 0.321 e. The summed E-state index contributed by atoms with van der Waals surface area (Å²) in [7, 11) is 0. The molecule has 4 rings (SSSR count). The molecule has 1 aliphatic heterocycles. The third-order valence-corrected chi connectivity index (χ3v) is 6.62. The molecular formula is C26H32N4O3. The molecule has 1 saturated heterocycles. The Bertz CT molecular complexity index is 1060. The van der Waals surface area contributed by atoms with Crippen LogP contribution in [0, 0.1) is 19.3 Å². The van der Waals surface area contributed by atoms with Crippen molar-refractivity contribution >= 4 is 11.7 Å². The second kappa shape index (κ2) is 10.1. The lowest BCUT2D eigenvalue weighted by atomic mass is 9.76. The summed E-state index contributed by atoms with van der Waals surface area (Å²) in [6.07, 6.45) is 2.25. The molecule has 1 aliphatic rings. The van der Waals surface area contributed by atoms with Gasteiger partial charge in [-0.2, -0.15) is 5.10 Å². The number of aliphatic hydroxyl groups excluding tert-OH is 1. The van der Waals surface area contributed by atoms with Crippen LogP contribution in [0.3, 0.4) is 0 Å². The van der Waals surface area contributed by atoms with E-state index in [4.69, 9.17) is 4.74 Å². The first kappa shape index (κ1) is 22.9. The largest absolute Gasteiger partial charge is 0.494 e. The Morgan fingerprint density at radius 2 is 1.70 bits per heavy atom. The van der Waals surface area contributed by atoms with Crippen molar-refractivity contribution in [1.82, 2.24) is 14.7 Å². The van der Waals surface area contributed by atoms with Crippen LogP contribution in [0.15, 0.2) is 60.7 Å². The van der Waals surface area contributed by atoms with Crippen LogP contribution in [-0.4, -0.2) is 52.1 Å². The Morgan fingerprint density at radius 3 is 2.33 bits per heavy atom. The summed E-state index contributed by atoms with van der Waals surface area (Å²) in [4.78, 5) is 14.8. The number of hydrogen-bond acceptors (Lipinski definition) is 4. The molecule has 33 heavy (non-hydrogen) atoms. The van der Waals surface area contributed by atoms with Gasteiger partial charge in [0.05, 0.1) is 29.4 Å². The fourth-order valence-corrected chi connectivity index (χ4v) is 4.40. The number of piperidine rings is 1. The lowest BCUT2D eigenvalue weighted by Crippen LogP contribution is -2.46. The summed E-state index contributed by atoms with van der Waals surface area (Å²) in [6.45, 7) is 5.71. The summed E-state index contributed by atoms with van der Waals surface area (Å²) >= 11 is 0. The van der Waals surface area contributed by atoms with Crippen molar-refractivity contribution in [2.45, 2.75) is 33.1 Å². The molecule has 2 amide bonds. The number of nitrogens with one attached hydrogen (secondary N) is 1. The van der Waals surface area contributed by atoms with E-state index in [2.05, 4.69) is 10.4 Å². The Balaban J connectivity index is 1.34. The molecular weight excluding hydrogens is 416 g/mol. The number of benzene rings is 2. The zero-order chi connectivity index (χ0) is 23.3. The monoisotopic (exact) mass is 448 g/mol. The number of aromatic nitrogens is 2. The Kier molecular flexibility index (Phi) is 6.99. The van der Waals surface area contributed by atoms with Crippen molar-refractivity contribution in [3.05, 3.63) is 72.1 Å². The van der Waals surface area contributed by atoms with Crippen LogP contribution in [-0.2, 0) is 0 Å². The first-order valence-corrected chi connectivity index (χ1v) is 11.5. The van der Waals surface area contributed by atoms with E-state index in [9.17, 15) is 9.90 Å². The van der Waals surface area contributed by atoms with Crippen molar-refractivity contribution in [3.63, 3.8) is 0 Å². The summed E-state index contributed by atoms with van der Waals surface area (Å²) in [5.74, 6) is 0.837. The number of anilines is 1. The van der Waals surface area contributed by atoms with Gasteiger partial charge in [-0.3, -0.25) is 0 Å². The van der Waals surface area contributed by atoms with Gasteiger partial charge in [0, 0.05) is 25.1 Å². The highest BCUT2D eigenvalue weighted by atomic mass is 16.5. The average molecular weight is 449 g/mol. The number of para-hydroxylation sites is 2. The minimum absolute atomic E-state index is 0.0999. The number of rotatable bonds is 7. The molecule has 1 fully saturated rings. The number of nitrogens with zero attached hydrogens (tertiary/aromatic N) is 3. The van der Waals surface area contributed by atoms with Gasteiger partial charge in [0.1, 0.15) is 5.75 Å². The van der Waals surface area contributed by atoms with E-state index in [1.807, 2.05) is 84.1 Å². The molecule has 0 radical (unpaired) electrons. The number of carbonyl (C=O) groups excluding carboxylic acids is 1. The van der Waals surface area contributed by atoms with E-state index in [1.54, 1.807) is 0 Å². The van der Waals surface area contributed by atoms with Crippen LogP contribution in [0.25, 0.3) is 5.69 Å². The molecule has 2 heterocycles. The van der Waals surface area contributed by atoms with Crippen molar-refractivity contribution in [2.75, 3.05) is 31.6 Å². The quantitative estimate of drug-likeness (QED) is 0.555. The molecule has 0 aliphatic carbocycles. The van der Waals surface area contributed by atoms with Gasteiger partial charge in [-0.15, -0.1) is 0 Å². The third kappa shape index (κ3) is 5.20. The van der Waals surface area contributed by atoms with Gasteiger partial charge >= 0.3 is 6.03 Å². The first-order valence-electron chi connectivity index (χ1n) is 11.5. The highest BCUT2D eigenvalue weighted by molar-refractivity contribution is 5.90.